The summed E-state index contributed by atoms with van der Waals surface area (Å²) in [5, 5.41) is 1.35. The minimum absolute atomic E-state index is 0.114. The highest BCUT2D eigenvalue weighted by Gasteiger charge is 2.16. The maximum Gasteiger partial charge on any atom is 0.227 e. The van der Waals surface area contributed by atoms with Gasteiger partial charge in [-0.05, 0) is 54.6 Å². The van der Waals surface area contributed by atoms with E-state index in [1.54, 1.807) is 0 Å². The Hall–Kier alpha value is -1.65. The van der Waals surface area contributed by atoms with Crippen LogP contribution in [0.2, 0.25) is 10.6 Å². The fourth-order valence-electron chi connectivity index (χ4n) is 3.38. The van der Waals surface area contributed by atoms with Crippen molar-refractivity contribution in [2.24, 2.45) is 5.92 Å². The summed E-state index contributed by atoms with van der Waals surface area (Å²) in [5.74, 6) is 1.18. The molecule has 0 N–H and O–H groups in total. The Labute approximate surface area is 178 Å². The fraction of sp³-hybridized carbons (Fsp3) is 0.500. The first-order valence-electron chi connectivity index (χ1n) is 10.2. The molecule has 0 fully saturated rings. The molecule has 0 aliphatic rings. The van der Waals surface area contributed by atoms with Crippen LogP contribution in [0.5, 0.6) is 0 Å². The number of fused-ring (bicyclic) bond motifs is 1. The Morgan fingerprint density at radius 2 is 1.71 bits per heavy atom. The van der Waals surface area contributed by atoms with E-state index in [0.29, 0.717) is 11.7 Å². The summed E-state index contributed by atoms with van der Waals surface area (Å²) in [7, 11) is 0. The second-order valence-corrected chi connectivity index (χ2v) is 7.51. The highest BCUT2D eigenvalue weighted by atomic mass is 35.5. The molecular formula is C22H30Cl2N4. The van der Waals surface area contributed by atoms with Gasteiger partial charge >= 0.3 is 0 Å². The molecule has 0 radical (unpaired) electrons. The average Bonchev–Trinajstić information content (AvgIpc) is 3.03. The Bertz CT molecular complexity index is 885. The summed E-state index contributed by atoms with van der Waals surface area (Å²) >= 11 is 12.0. The maximum atomic E-state index is 6.00. The van der Waals surface area contributed by atoms with Crippen LogP contribution in [0.3, 0.4) is 0 Å². The highest BCUT2D eigenvalue weighted by Crippen LogP contribution is 2.31. The lowest BCUT2D eigenvalue weighted by molar-refractivity contribution is 0.396. The topological polar surface area (TPSA) is 43.6 Å². The molecule has 0 saturated carbocycles. The maximum absolute atomic E-state index is 6.00. The van der Waals surface area contributed by atoms with Crippen molar-refractivity contribution in [3.8, 4) is 11.4 Å². The summed E-state index contributed by atoms with van der Waals surface area (Å²) in [6, 6.07) is 6.48. The Balaban J connectivity index is 0.00000136. The Kier molecular flexibility index (Phi) is 8.71. The van der Waals surface area contributed by atoms with Crippen LogP contribution < -0.4 is 0 Å². The number of nitrogens with zero attached hydrogens (tertiary/aromatic N) is 4. The number of aryl methyl sites for hydroxylation is 1. The molecule has 1 aromatic carbocycles. The van der Waals surface area contributed by atoms with Gasteiger partial charge in [0.15, 0.2) is 5.82 Å². The predicted molar refractivity (Wildman–Crippen MR) is 120 cm³/mol. The molecule has 1 atom stereocenters. The van der Waals surface area contributed by atoms with Gasteiger partial charge in [0.25, 0.3) is 0 Å². The van der Waals surface area contributed by atoms with Crippen LogP contribution in [-0.4, -0.2) is 19.5 Å². The molecule has 0 spiro atoms. The molecule has 152 valence electrons. The monoisotopic (exact) mass is 420 g/mol. The summed E-state index contributed by atoms with van der Waals surface area (Å²) in [6.45, 7) is 11.6. The quantitative estimate of drug-likeness (QED) is 0.400. The van der Waals surface area contributed by atoms with E-state index in [2.05, 4.69) is 64.7 Å². The summed E-state index contributed by atoms with van der Waals surface area (Å²) in [6.07, 6.45) is 7.04. The first-order chi connectivity index (χ1) is 13.5. The highest BCUT2D eigenvalue weighted by molar-refractivity contribution is 6.31. The molecule has 2 heterocycles. The van der Waals surface area contributed by atoms with Crippen molar-refractivity contribution < 1.29 is 0 Å². The van der Waals surface area contributed by atoms with Gasteiger partial charge in [-0.15, -0.1) is 0 Å². The van der Waals surface area contributed by atoms with Crippen LogP contribution >= 0.6 is 23.2 Å². The minimum Gasteiger partial charge on any atom is -0.346 e. The third kappa shape index (κ3) is 5.45. The van der Waals surface area contributed by atoms with Crippen LogP contribution in [0.4, 0.5) is 0 Å². The second-order valence-electron chi connectivity index (χ2n) is 6.83. The van der Waals surface area contributed by atoms with Crippen LogP contribution in [-0.2, 0) is 6.54 Å². The molecule has 3 aromatic rings. The average molecular weight is 421 g/mol. The summed E-state index contributed by atoms with van der Waals surface area (Å²) in [4.78, 5) is 12.4. The lowest BCUT2D eigenvalue weighted by atomic mass is 9.99. The number of aromatic nitrogens is 4. The SMILES string of the molecule is CC.CCCCC(CC)Cn1cc(-c2nc(Cl)nc(Cl)n2)c2cc(C)ccc21. The standard InChI is InChI=1S/C20H24Cl2N4.C2H6/c1-4-6-7-14(5-2)11-26-12-16(15-10-13(3)8-9-17(15)26)18-23-19(21)25-20(22)24-18;1-2/h8-10,12,14H,4-7,11H2,1-3H3;1-2H3. The first-order valence-corrected chi connectivity index (χ1v) is 10.9. The van der Waals surface area contributed by atoms with E-state index >= 15 is 0 Å². The molecule has 28 heavy (non-hydrogen) atoms. The second kappa shape index (κ2) is 10.8. The van der Waals surface area contributed by atoms with Crippen LogP contribution in [0.25, 0.3) is 22.3 Å². The van der Waals surface area contributed by atoms with E-state index in [-0.39, 0.29) is 10.6 Å². The lowest BCUT2D eigenvalue weighted by Crippen LogP contribution is -2.09. The van der Waals surface area contributed by atoms with Gasteiger partial charge in [0.1, 0.15) is 0 Å². The molecule has 1 unspecified atom stereocenters. The van der Waals surface area contributed by atoms with Gasteiger partial charge in [0.2, 0.25) is 10.6 Å². The molecule has 6 heteroatoms. The number of rotatable bonds is 7. The van der Waals surface area contributed by atoms with Crippen molar-refractivity contribution in [3.05, 3.63) is 40.5 Å². The molecule has 0 aliphatic carbocycles. The van der Waals surface area contributed by atoms with E-state index in [1.165, 1.54) is 36.8 Å². The van der Waals surface area contributed by atoms with Crippen LogP contribution in [0.1, 0.15) is 58.9 Å². The number of hydrogen-bond acceptors (Lipinski definition) is 3. The zero-order valence-electron chi connectivity index (χ0n) is 17.5. The first kappa shape index (κ1) is 22.6. The minimum atomic E-state index is 0.114. The molecule has 0 saturated heterocycles. The van der Waals surface area contributed by atoms with Gasteiger partial charge < -0.3 is 4.57 Å². The number of benzene rings is 1. The molecule has 0 bridgehead atoms. The molecular weight excluding hydrogens is 391 g/mol. The molecule has 2 aromatic heterocycles. The van der Waals surface area contributed by atoms with Crippen molar-refractivity contribution in [1.29, 1.82) is 0 Å². The van der Waals surface area contributed by atoms with Crippen molar-refractivity contribution in [1.82, 2.24) is 19.5 Å². The third-order valence-electron chi connectivity index (χ3n) is 4.86. The number of unbranched alkanes of at least 4 members (excludes halogenated alkanes) is 1. The van der Waals surface area contributed by atoms with E-state index < -0.39 is 0 Å². The van der Waals surface area contributed by atoms with E-state index in [9.17, 15) is 0 Å². The Morgan fingerprint density at radius 1 is 1.04 bits per heavy atom. The van der Waals surface area contributed by atoms with E-state index in [1.807, 2.05) is 13.8 Å². The number of halogens is 2. The summed E-state index contributed by atoms with van der Waals surface area (Å²) in [5.41, 5.74) is 3.33. The van der Waals surface area contributed by atoms with Gasteiger partial charge in [-0.25, -0.2) is 0 Å². The molecule has 4 nitrogen and oxygen atoms in total. The zero-order chi connectivity index (χ0) is 20.7. The van der Waals surface area contributed by atoms with Gasteiger partial charge in [-0.2, -0.15) is 15.0 Å². The van der Waals surface area contributed by atoms with Crippen molar-refractivity contribution >= 4 is 34.1 Å². The molecule has 0 amide bonds. The largest absolute Gasteiger partial charge is 0.346 e. The van der Waals surface area contributed by atoms with Crippen molar-refractivity contribution in [2.75, 3.05) is 0 Å². The lowest BCUT2D eigenvalue weighted by Gasteiger charge is -2.16. The van der Waals surface area contributed by atoms with Crippen LogP contribution in [0, 0.1) is 12.8 Å². The van der Waals surface area contributed by atoms with E-state index in [0.717, 1.165) is 17.5 Å². The molecule has 3 rings (SSSR count). The fourth-order valence-corrected chi connectivity index (χ4v) is 3.75. The summed E-state index contributed by atoms with van der Waals surface area (Å²) < 4.78 is 2.32. The van der Waals surface area contributed by atoms with Gasteiger partial charge in [0, 0.05) is 29.2 Å². The van der Waals surface area contributed by atoms with Gasteiger partial charge in [0.05, 0.1) is 0 Å². The van der Waals surface area contributed by atoms with E-state index in [4.69, 9.17) is 23.2 Å². The zero-order valence-corrected chi connectivity index (χ0v) is 19.0. The van der Waals surface area contributed by atoms with Crippen molar-refractivity contribution in [3.63, 3.8) is 0 Å². The van der Waals surface area contributed by atoms with Crippen molar-refractivity contribution in [2.45, 2.75) is 66.8 Å². The number of hydrogen-bond donors (Lipinski definition) is 0. The Morgan fingerprint density at radius 3 is 2.32 bits per heavy atom. The predicted octanol–water partition coefficient (Wildman–Crippen LogP) is 7.35. The third-order valence-corrected chi connectivity index (χ3v) is 5.19. The van der Waals surface area contributed by atoms with Gasteiger partial charge in [-0.1, -0.05) is 58.6 Å². The van der Waals surface area contributed by atoms with Crippen LogP contribution in [0.15, 0.2) is 24.4 Å². The molecule has 0 aliphatic heterocycles. The normalized spacial score (nSPS) is 12.0. The smallest absolute Gasteiger partial charge is 0.227 e. The van der Waals surface area contributed by atoms with Gasteiger partial charge in [-0.3, -0.25) is 0 Å².